The Balaban J connectivity index is 1.58. The van der Waals surface area contributed by atoms with Gasteiger partial charge >= 0.3 is 19.5 Å². The second kappa shape index (κ2) is 16.6. The van der Waals surface area contributed by atoms with Crippen molar-refractivity contribution in [2.75, 3.05) is 27.3 Å². The molecule has 15 heteroatoms. The smallest absolute Gasteiger partial charge is 0.453 e. The Labute approximate surface area is 279 Å². The molecule has 0 aliphatic carbocycles. The topological polar surface area (TPSA) is 183 Å². The van der Waals surface area contributed by atoms with Gasteiger partial charge in [0.1, 0.15) is 23.6 Å². The van der Waals surface area contributed by atoms with Crippen LogP contribution in [0.25, 0.3) is 0 Å². The third kappa shape index (κ3) is 9.57. The van der Waals surface area contributed by atoms with Crippen LogP contribution in [0, 0.1) is 0 Å². The Morgan fingerprint density at radius 2 is 1.27 bits per heavy atom. The number of nitrogens with zero attached hydrogens (tertiary/aromatic N) is 1. The molecule has 4 atom stereocenters. The van der Waals surface area contributed by atoms with Crippen LogP contribution in [-0.2, 0) is 50.9 Å². The molecule has 3 amide bonds. The van der Waals surface area contributed by atoms with Crippen LogP contribution < -0.4 is 25.0 Å². The molecule has 48 heavy (non-hydrogen) atoms. The predicted octanol–water partition coefficient (Wildman–Crippen LogP) is 1.45. The molecule has 2 aliphatic rings. The summed E-state index contributed by atoms with van der Waals surface area (Å²) in [5.41, 5.74) is 1.38. The van der Waals surface area contributed by atoms with Crippen LogP contribution in [-0.4, -0.2) is 85.8 Å². The van der Waals surface area contributed by atoms with Crippen LogP contribution in [0.4, 0.5) is 0 Å². The standard InChI is InChI=1S/C33H43N4O10P/c1-21(38)35-28(32(41)44-3)19-23-9-13-25(14-10-23)46-48(43,30-8-6-18-37(30)31(40)27-7-5-17-34-27)47-26-15-11-24(12-16-26)20-29(33(42)45-4)36-22(2)39/h9-16,27-30,34H,5-8,17-20H2,1-4H3,(H,35,38)(H,36,39)/p+1. The zero-order valence-corrected chi connectivity index (χ0v) is 28.5. The number of benzene rings is 2. The minimum Gasteiger partial charge on any atom is -0.467 e. The molecule has 2 aromatic rings. The summed E-state index contributed by atoms with van der Waals surface area (Å²) in [4.78, 5) is 62.7. The van der Waals surface area contributed by atoms with Crippen molar-refractivity contribution in [1.29, 1.82) is 0 Å². The van der Waals surface area contributed by atoms with Gasteiger partial charge in [0.15, 0.2) is 11.8 Å². The van der Waals surface area contributed by atoms with E-state index in [4.69, 9.17) is 18.5 Å². The largest absolute Gasteiger partial charge is 0.467 e. The van der Waals surface area contributed by atoms with E-state index >= 15 is 0 Å². The van der Waals surface area contributed by atoms with Crippen molar-refractivity contribution in [3.63, 3.8) is 0 Å². The summed E-state index contributed by atoms with van der Waals surface area (Å²) in [5, 5.41) is 7.16. The molecule has 4 rings (SSSR count). The predicted molar refractivity (Wildman–Crippen MR) is 173 cm³/mol. The van der Waals surface area contributed by atoms with E-state index in [1.165, 1.54) is 28.1 Å². The molecule has 2 saturated heterocycles. The van der Waals surface area contributed by atoms with Gasteiger partial charge in [-0.25, -0.2) is 14.2 Å². The first kappa shape index (κ1) is 36.4. The number of hydrogen-bond donors (Lipinski definition) is 3. The van der Waals surface area contributed by atoms with Gasteiger partial charge in [-0.15, -0.1) is 0 Å². The highest BCUT2D eigenvalue weighted by Gasteiger charge is 2.49. The van der Waals surface area contributed by atoms with Crippen LogP contribution >= 0.6 is 7.60 Å². The monoisotopic (exact) mass is 687 g/mol. The van der Waals surface area contributed by atoms with Crippen LogP contribution in [0.1, 0.15) is 50.7 Å². The fourth-order valence-electron chi connectivity index (χ4n) is 5.99. The van der Waals surface area contributed by atoms with Crippen molar-refractivity contribution in [3.05, 3.63) is 59.7 Å². The Kier molecular flexibility index (Phi) is 12.6. The fourth-order valence-corrected chi connectivity index (χ4v) is 8.17. The summed E-state index contributed by atoms with van der Waals surface area (Å²) in [6.45, 7) is 3.91. The van der Waals surface area contributed by atoms with E-state index in [0.717, 1.165) is 19.4 Å². The lowest BCUT2D eigenvalue weighted by Crippen LogP contribution is -2.89. The highest BCUT2D eigenvalue weighted by molar-refractivity contribution is 7.55. The molecule has 0 radical (unpaired) electrons. The second-order valence-corrected chi connectivity index (χ2v) is 13.9. The van der Waals surface area contributed by atoms with Gasteiger partial charge in [0.25, 0.3) is 5.91 Å². The summed E-state index contributed by atoms with van der Waals surface area (Å²) < 4.78 is 36.8. The number of nitrogens with two attached hydrogens (primary N) is 1. The van der Waals surface area contributed by atoms with Gasteiger partial charge in [0.2, 0.25) is 11.8 Å². The number of amides is 3. The Morgan fingerprint density at radius 1 is 0.792 bits per heavy atom. The van der Waals surface area contributed by atoms with Gasteiger partial charge in [0.05, 0.1) is 20.8 Å². The van der Waals surface area contributed by atoms with Gasteiger partial charge in [-0.05, 0) is 48.2 Å². The maximum atomic E-state index is 14.8. The van der Waals surface area contributed by atoms with Gasteiger partial charge in [-0.2, -0.15) is 0 Å². The summed E-state index contributed by atoms with van der Waals surface area (Å²) in [7, 11) is -1.61. The molecule has 0 saturated carbocycles. The Morgan fingerprint density at radius 3 is 1.67 bits per heavy atom. The number of hydrogen-bond acceptors (Lipinski definition) is 10. The average molecular weight is 688 g/mol. The van der Waals surface area contributed by atoms with Gasteiger partial charge in [-0.3, -0.25) is 14.4 Å². The van der Waals surface area contributed by atoms with Crippen LogP contribution in [0.3, 0.4) is 0 Å². The van der Waals surface area contributed by atoms with Gasteiger partial charge in [0, 0.05) is 46.1 Å². The molecule has 0 bridgehead atoms. The fraction of sp³-hybridized carbons (Fsp3) is 0.485. The van der Waals surface area contributed by atoms with E-state index in [0.29, 0.717) is 30.5 Å². The van der Waals surface area contributed by atoms with E-state index in [-0.39, 0.29) is 48.1 Å². The first-order chi connectivity index (χ1) is 22.9. The minimum atomic E-state index is -4.10. The first-order valence-electron chi connectivity index (χ1n) is 15.9. The number of ether oxygens (including phenoxy) is 2. The highest BCUT2D eigenvalue weighted by atomic mass is 31.2. The lowest BCUT2D eigenvalue weighted by Gasteiger charge is -2.31. The van der Waals surface area contributed by atoms with Gasteiger partial charge in [-0.1, -0.05) is 24.3 Å². The molecule has 2 heterocycles. The van der Waals surface area contributed by atoms with Crippen molar-refractivity contribution in [1.82, 2.24) is 15.5 Å². The number of quaternary nitrogens is 1. The summed E-state index contributed by atoms with van der Waals surface area (Å²) in [6, 6.07) is 11.1. The van der Waals surface area contributed by atoms with Crippen molar-refractivity contribution in [3.8, 4) is 11.5 Å². The van der Waals surface area contributed by atoms with Crippen LogP contribution in [0.5, 0.6) is 11.5 Å². The summed E-state index contributed by atoms with van der Waals surface area (Å²) in [6.07, 6.45) is 3.04. The van der Waals surface area contributed by atoms with E-state index in [1.54, 1.807) is 53.4 Å². The van der Waals surface area contributed by atoms with E-state index in [1.807, 2.05) is 5.32 Å². The summed E-state index contributed by atoms with van der Waals surface area (Å²) >= 11 is 0. The van der Waals surface area contributed by atoms with E-state index in [2.05, 4.69) is 10.6 Å². The lowest BCUT2D eigenvalue weighted by atomic mass is 10.1. The molecular weight excluding hydrogens is 643 g/mol. The number of nitrogens with one attached hydrogen (secondary N) is 2. The number of rotatable bonds is 14. The zero-order chi connectivity index (χ0) is 34.8. The van der Waals surface area contributed by atoms with Crippen molar-refractivity contribution >= 4 is 37.3 Å². The molecule has 4 N–H and O–H groups in total. The van der Waals surface area contributed by atoms with Crippen molar-refractivity contribution < 1.29 is 52.4 Å². The number of carbonyl (C=O) groups excluding carboxylic acids is 5. The third-order valence-corrected chi connectivity index (χ3v) is 10.5. The molecular formula is C33H44N4O10P+. The molecule has 0 spiro atoms. The molecule has 14 nitrogen and oxygen atoms in total. The summed E-state index contributed by atoms with van der Waals surface area (Å²) in [5.74, 6) is -2.38. The minimum absolute atomic E-state index is 0.0910. The Bertz CT molecular complexity index is 1420. The second-order valence-electron chi connectivity index (χ2n) is 11.9. The Hall–Kier alpha value is -4.42. The van der Waals surface area contributed by atoms with E-state index < -0.39 is 37.4 Å². The SMILES string of the molecule is COC(=O)C(Cc1ccc(OP(=O)(Oc2ccc(CC(NC(C)=O)C(=O)OC)cc2)C2CCCN2C(=O)C2CCC[NH2+]2)cc1)NC(C)=O. The van der Waals surface area contributed by atoms with Gasteiger partial charge < -0.3 is 39.4 Å². The number of carbonyl (C=O) groups is 5. The molecule has 2 fully saturated rings. The highest BCUT2D eigenvalue weighted by Crippen LogP contribution is 2.57. The third-order valence-electron chi connectivity index (χ3n) is 8.27. The number of esters is 2. The molecule has 260 valence electrons. The maximum Gasteiger partial charge on any atom is 0.453 e. The lowest BCUT2D eigenvalue weighted by molar-refractivity contribution is -0.658. The zero-order valence-electron chi connectivity index (χ0n) is 27.6. The first-order valence-corrected chi connectivity index (χ1v) is 17.5. The van der Waals surface area contributed by atoms with E-state index in [9.17, 15) is 28.5 Å². The number of methoxy groups -OCH3 is 2. The van der Waals surface area contributed by atoms with Crippen molar-refractivity contribution in [2.24, 2.45) is 0 Å². The molecule has 0 aromatic heterocycles. The van der Waals surface area contributed by atoms with Crippen LogP contribution in [0.2, 0.25) is 0 Å². The number of likely N-dealkylation sites (tertiary alicyclic amines) is 1. The molecule has 2 aromatic carbocycles. The molecule has 2 aliphatic heterocycles. The maximum absolute atomic E-state index is 14.8. The average Bonchev–Trinajstić information content (AvgIpc) is 3.78. The normalized spacial score (nSPS) is 19.7. The quantitative estimate of drug-likeness (QED) is 0.194. The van der Waals surface area contributed by atoms with Crippen LogP contribution in [0.15, 0.2) is 48.5 Å². The van der Waals surface area contributed by atoms with Crippen molar-refractivity contribution in [2.45, 2.75) is 76.3 Å². The molecule has 4 unspecified atom stereocenters.